The predicted molar refractivity (Wildman–Crippen MR) is 74.5 cm³/mol. The van der Waals surface area contributed by atoms with Crippen LogP contribution in [0.5, 0.6) is 0 Å². The summed E-state index contributed by atoms with van der Waals surface area (Å²) in [4.78, 5) is 13.9. The van der Waals surface area contributed by atoms with Gasteiger partial charge in [0.2, 0.25) is 0 Å². The predicted octanol–water partition coefficient (Wildman–Crippen LogP) is 2.40. The number of thiocarbonyl (C=S) groups is 1. The van der Waals surface area contributed by atoms with Crippen molar-refractivity contribution in [3.05, 3.63) is 34.3 Å². The van der Waals surface area contributed by atoms with Crippen LogP contribution >= 0.6 is 23.8 Å². The fraction of sp³-hybridized carbons (Fsp3) is 0.333. The molecular weight excluding hydrogens is 256 g/mol. The molecule has 1 rings (SSSR count). The molecule has 0 spiro atoms. The van der Waals surface area contributed by atoms with E-state index in [0.717, 1.165) is 5.56 Å². The topological polar surface area (TPSA) is 46.3 Å². The Kier molecular flexibility index (Phi) is 4.48. The Bertz CT molecular complexity index is 442. The lowest BCUT2D eigenvalue weighted by Crippen LogP contribution is -2.42. The van der Waals surface area contributed by atoms with Gasteiger partial charge in [-0.1, -0.05) is 23.8 Å². The molecule has 17 heavy (non-hydrogen) atoms. The SMILES string of the molecule is Cc1cc(Cl)cc(C(=O)N(C)C(C)C(N)=S)c1. The molecule has 1 unspecified atom stereocenters. The van der Waals surface area contributed by atoms with Crippen molar-refractivity contribution >= 4 is 34.7 Å². The van der Waals surface area contributed by atoms with Gasteiger partial charge < -0.3 is 10.6 Å². The van der Waals surface area contributed by atoms with Gasteiger partial charge in [-0.2, -0.15) is 0 Å². The molecule has 0 bridgehead atoms. The quantitative estimate of drug-likeness (QED) is 0.858. The maximum absolute atomic E-state index is 12.1. The molecule has 2 N–H and O–H groups in total. The molecule has 0 radical (unpaired) electrons. The van der Waals surface area contributed by atoms with E-state index >= 15 is 0 Å². The number of aryl methyl sites for hydroxylation is 1. The van der Waals surface area contributed by atoms with Gasteiger partial charge >= 0.3 is 0 Å². The van der Waals surface area contributed by atoms with Gasteiger partial charge in [0.05, 0.1) is 11.0 Å². The smallest absolute Gasteiger partial charge is 0.254 e. The Morgan fingerprint density at radius 3 is 2.53 bits per heavy atom. The molecule has 0 aliphatic rings. The number of hydrogen-bond donors (Lipinski definition) is 1. The third-order valence-electron chi connectivity index (χ3n) is 2.60. The summed E-state index contributed by atoms with van der Waals surface area (Å²) in [5.41, 5.74) is 7.01. The summed E-state index contributed by atoms with van der Waals surface area (Å²) < 4.78 is 0. The third kappa shape index (κ3) is 3.41. The number of benzene rings is 1. The molecule has 1 aromatic carbocycles. The highest BCUT2D eigenvalue weighted by Gasteiger charge is 2.19. The van der Waals surface area contributed by atoms with Gasteiger partial charge in [-0.3, -0.25) is 4.79 Å². The fourth-order valence-electron chi connectivity index (χ4n) is 1.43. The Morgan fingerprint density at radius 1 is 1.47 bits per heavy atom. The molecule has 0 saturated heterocycles. The van der Waals surface area contributed by atoms with E-state index in [0.29, 0.717) is 15.6 Å². The minimum Gasteiger partial charge on any atom is -0.392 e. The lowest BCUT2D eigenvalue weighted by atomic mass is 10.1. The van der Waals surface area contributed by atoms with Crippen molar-refractivity contribution < 1.29 is 4.79 Å². The highest BCUT2D eigenvalue weighted by Crippen LogP contribution is 2.16. The van der Waals surface area contributed by atoms with Gasteiger partial charge in [0.25, 0.3) is 5.91 Å². The Morgan fingerprint density at radius 2 is 2.06 bits per heavy atom. The van der Waals surface area contributed by atoms with Gasteiger partial charge in [0, 0.05) is 17.6 Å². The number of nitrogens with zero attached hydrogens (tertiary/aromatic N) is 1. The van der Waals surface area contributed by atoms with Crippen LogP contribution in [0.25, 0.3) is 0 Å². The molecule has 0 aromatic heterocycles. The molecule has 0 fully saturated rings. The molecule has 1 atom stereocenters. The van der Waals surface area contributed by atoms with Gasteiger partial charge in [-0.25, -0.2) is 0 Å². The van der Waals surface area contributed by atoms with Crippen molar-refractivity contribution in [1.82, 2.24) is 4.90 Å². The number of carbonyl (C=O) groups is 1. The molecule has 92 valence electrons. The van der Waals surface area contributed by atoms with E-state index in [4.69, 9.17) is 29.6 Å². The summed E-state index contributed by atoms with van der Waals surface area (Å²) in [6, 6.07) is 4.95. The molecule has 0 heterocycles. The van der Waals surface area contributed by atoms with Crippen LogP contribution < -0.4 is 5.73 Å². The number of hydrogen-bond acceptors (Lipinski definition) is 2. The molecule has 0 saturated carbocycles. The maximum Gasteiger partial charge on any atom is 0.254 e. The summed E-state index contributed by atoms with van der Waals surface area (Å²) >= 11 is 10.8. The van der Waals surface area contributed by atoms with Crippen LogP contribution in [0.1, 0.15) is 22.8 Å². The average Bonchev–Trinajstić information content (AvgIpc) is 2.24. The minimum absolute atomic E-state index is 0.143. The molecule has 0 aliphatic carbocycles. The van der Waals surface area contributed by atoms with Gasteiger partial charge in [0.1, 0.15) is 0 Å². The van der Waals surface area contributed by atoms with Crippen molar-refractivity contribution in [2.24, 2.45) is 5.73 Å². The zero-order valence-electron chi connectivity index (χ0n) is 10.0. The second-order valence-electron chi connectivity index (χ2n) is 4.01. The van der Waals surface area contributed by atoms with Gasteiger partial charge in [0.15, 0.2) is 0 Å². The zero-order chi connectivity index (χ0) is 13.2. The van der Waals surface area contributed by atoms with E-state index in [1.807, 2.05) is 6.92 Å². The van der Waals surface area contributed by atoms with Crippen LogP contribution in [-0.2, 0) is 0 Å². The lowest BCUT2D eigenvalue weighted by molar-refractivity contribution is 0.0779. The molecule has 1 amide bonds. The van der Waals surface area contributed by atoms with Crippen molar-refractivity contribution in [2.75, 3.05) is 7.05 Å². The van der Waals surface area contributed by atoms with Crippen molar-refractivity contribution in [3.8, 4) is 0 Å². The van der Waals surface area contributed by atoms with Crippen LogP contribution in [0.3, 0.4) is 0 Å². The van der Waals surface area contributed by atoms with Crippen LogP contribution in [0.4, 0.5) is 0 Å². The van der Waals surface area contributed by atoms with Crippen molar-refractivity contribution in [2.45, 2.75) is 19.9 Å². The third-order valence-corrected chi connectivity index (χ3v) is 3.16. The molecule has 5 heteroatoms. The summed E-state index contributed by atoms with van der Waals surface area (Å²) in [5, 5.41) is 0.546. The van der Waals surface area contributed by atoms with Gasteiger partial charge in [-0.15, -0.1) is 0 Å². The number of likely N-dealkylation sites (N-methyl/N-ethyl adjacent to an activating group) is 1. The fourth-order valence-corrected chi connectivity index (χ4v) is 1.88. The van der Waals surface area contributed by atoms with E-state index in [-0.39, 0.29) is 11.9 Å². The molecular formula is C12H15ClN2OS. The minimum atomic E-state index is -0.281. The largest absolute Gasteiger partial charge is 0.392 e. The highest BCUT2D eigenvalue weighted by molar-refractivity contribution is 7.80. The van der Waals surface area contributed by atoms with E-state index in [2.05, 4.69) is 0 Å². The number of nitrogens with two attached hydrogens (primary N) is 1. The standard InChI is InChI=1S/C12H15ClN2OS/c1-7-4-9(6-10(13)5-7)12(16)15(3)8(2)11(14)17/h4-6,8H,1-3H3,(H2,14,17). The van der Waals surface area contributed by atoms with Gasteiger partial charge in [-0.05, 0) is 37.6 Å². The highest BCUT2D eigenvalue weighted by atomic mass is 35.5. The monoisotopic (exact) mass is 270 g/mol. The van der Waals surface area contributed by atoms with Crippen molar-refractivity contribution in [3.63, 3.8) is 0 Å². The summed E-state index contributed by atoms with van der Waals surface area (Å²) in [6.45, 7) is 3.68. The van der Waals surface area contributed by atoms with Crippen LogP contribution in [0.15, 0.2) is 18.2 Å². The summed E-state index contributed by atoms with van der Waals surface area (Å²) in [5.74, 6) is -0.143. The second kappa shape index (κ2) is 5.47. The first-order valence-corrected chi connectivity index (χ1v) is 5.95. The van der Waals surface area contributed by atoms with E-state index in [1.54, 1.807) is 32.2 Å². The number of amides is 1. The first-order chi connectivity index (χ1) is 7.82. The Hall–Kier alpha value is -1.13. The first kappa shape index (κ1) is 13.9. The Labute approximate surface area is 112 Å². The molecule has 3 nitrogen and oxygen atoms in total. The average molecular weight is 271 g/mol. The first-order valence-electron chi connectivity index (χ1n) is 5.16. The molecule has 1 aromatic rings. The maximum atomic E-state index is 12.1. The summed E-state index contributed by atoms with van der Waals surface area (Å²) in [7, 11) is 1.67. The van der Waals surface area contributed by atoms with E-state index < -0.39 is 0 Å². The molecule has 0 aliphatic heterocycles. The number of carbonyl (C=O) groups excluding carboxylic acids is 1. The van der Waals surface area contributed by atoms with E-state index in [1.165, 1.54) is 4.90 Å². The van der Waals surface area contributed by atoms with Crippen LogP contribution in [-0.4, -0.2) is 28.9 Å². The number of halogens is 1. The Balaban J connectivity index is 3.00. The van der Waals surface area contributed by atoms with Crippen LogP contribution in [0, 0.1) is 6.92 Å². The normalized spacial score (nSPS) is 12.0. The number of rotatable bonds is 3. The summed E-state index contributed by atoms with van der Waals surface area (Å²) in [6.07, 6.45) is 0. The van der Waals surface area contributed by atoms with Crippen molar-refractivity contribution in [1.29, 1.82) is 0 Å². The zero-order valence-corrected chi connectivity index (χ0v) is 11.6. The lowest BCUT2D eigenvalue weighted by Gasteiger charge is -2.24. The second-order valence-corrected chi connectivity index (χ2v) is 4.92. The van der Waals surface area contributed by atoms with Crippen LogP contribution in [0.2, 0.25) is 5.02 Å². The van der Waals surface area contributed by atoms with E-state index in [9.17, 15) is 4.79 Å².